The van der Waals surface area contributed by atoms with Gasteiger partial charge in [0.1, 0.15) is 0 Å². The minimum absolute atomic E-state index is 0.159. The molecule has 0 saturated carbocycles. The van der Waals surface area contributed by atoms with Gasteiger partial charge in [0.25, 0.3) is 0 Å². The quantitative estimate of drug-likeness (QED) is 0.724. The lowest BCUT2D eigenvalue weighted by atomic mass is 9.96. The molecule has 1 heterocycles. The lowest BCUT2D eigenvalue weighted by Crippen LogP contribution is -2.42. The molecule has 0 aromatic rings. The topological polar surface area (TPSA) is 29.3 Å². The molecule has 0 radical (unpaired) electrons. The van der Waals surface area contributed by atoms with Crippen LogP contribution in [0.4, 0.5) is 13.2 Å². The summed E-state index contributed by atoms with van der Waals surface area (Å²) in [6, 6.07) is 0. The van der Waals surface area contributed by atoms with E-state index in [1.54, 1.807) is 0 Å². The van der Waals surface area contributed by atoms with E-state index in [1.807, 2.05) is 4.90 Å². The number of nitrogens with two attached hydrogens (primary N) is 1. The first kappa shape index (κ1) is 11.7. The molecule has 0 aromatic carbocycles. The fourth-order valence-electron chi connectivity index (χ4n) is 1.64. The maximum Gasteiger partial charge on any atom is 0.391 e. The summed E-state index contributed by atoms with van der Waals surface area (Å²) in [7, 11) is 0. The molecule has 0 unspecified atom stereocenters. The minimum atomic E-state index is -4.05. The van der Waals surface area contributed by atoms with Crippen molar-refractivity contribution in [1.82, 2.24) is 4.90 Å². The summed E-state index contributed by atoms with van der Waals surface area (Å²) in [5.74, 6) is -1.15. The molecule has 0 aliphatic carbocycles. The van der Waals surface area contributed by atoms with Crippen molar-refractivity contribution in [2.75, 3.05) is 19.6 Å². The van der Waals surface area contributed by atoms with Gasteiger partial charge in [-0.05, 0) is 25.9 Å². The van der Waals surface area contributed by atoms with Crippen LogP contribution in [0.15, 0.2) is 0 Å². The summed E-state index contributed by atoms with van der Waals surface area (Å²) in [5, 5.41) is 0. The van der Waals surface area contributed by atoms with Crippen molar-refractivity contribution < 1.29 is 13.2 Å². The van der Waals surface area contributed by atoms with Gasteiger partial charge < -0.3 is 5.73 Å². The summed E-state index contributed by atoms with van der Waals surface area (Å²) >= 11 is 4.69. The van der Waals surface area contributed by atoms with Crippen LogP contribution in [0.25, 0.3) is 0 Å². The number of thiocarbonyl (C=S) groups is 1. The number of rotatable bonds is 2. The van der Waals surface area contributed by atoms with E-state index in [0.29, 0.717) is 24.6 Å². The van der Waals surface area contributed by atoms with Crippen LogP contribution in [0.5, 0.6) is 0 Å². The SMILES string of the molecule is NC(=S)CN1CCC(C(F)(F)F)CC1. The lowest BCUT2D eigenvalue weighted by molar-refractivity contribution is -0.184. The second-order valence-corrected chi connectivity index (χ2v) is 4.08. The normalized spacial score (nSPS) is 21.1. The number of piperidine rings is 1. The zero-order valence-corrected chi connectivity index (χ0v) is 8.50. The van der Waals surface area contributed by atoms with E-state index in [0.717, 1.165) is 0 Å². The third-order valence-electron chi connectivity index (χ3n) is 2.43. The standard InChI is InChI=1S/C8H13F3N2S/c9-8(10,11)6-1-3-13(4-2-6)5-7(12)14/h6H,1-5H2,(H2,12,14). The average Bonchev–Trinajstić information content (AvgIpc) is 2.02. The first-order valence-corrected chi connectivity index (χ1v) is 4.88. The van der Waals surface area contributed by atoms with Crippen LogP contribution >= 0.6 is 12.2 Å². The van der Waals surface area contributed by atoms with Gasteiger partial charge in [-0.25, -0.2) is 0 Å². The van der Waals surface area contributed by atoms with Crippen LogP contribution < -0.4 is 5.73 Å². The predicted molar refractivity (Wildman–Crippen MR) is 52.0 cm³/mol. The van der Waals surface area contributed by atoms with Crippen molar-refractivity contribution in [2.45, 2.75) is 19.0 Å². The van der Waals surface area contributed by atoms with E-state index in [1.165, 1.54) is 0 Å². The Labute approximate surface area is 86.2 Å². The number of halogens is 3. The highest BCUT2D eigenvalue weighted by molar-refractivity contribution is 7.80. The van der Waals surface area contributed by atoms with Crippen LogP contribution in [0, 0.1) is 5.92 Å². The fourth-order valence-corrected chi connectivity index (χ4v) is 1.82. The molecular weight excluding hydrogens is 213 g/mol. The Balaban J connectivity index is 2.35. The summed E-state index contributed by atoms with van der Waals surface area (Å²) in [6.45, 7) is 1.29. The van der Waals surface area contributed by atoms with Crippen molar-refractivity contribution in [2.24, 2.45) is 11.7 Å². The first-order chi connectivity index (χ1) is 6.39. The third-order valence-corrected chi connectivity index (χ3v) is 2.56. The van der Waals surface area contributed by atoms with Gasteiger partial charge in [0.05, 0.1) is 10.9 Å². The van der Waals surface area contributed by atoms with Crippen molar-refractivity contribution in [3.63, 3.8) is 0 Å². The van der Waals surface area contributed by atoms with Crippen LogP contribution in [0.2, 0.25) is 0 Å². The summed E-state index contributed by atoms with van der Waals surface area (Å²) < 4.78 is 36.8. The summed E-state index contributed by atoms with van der Waals surface area (Å²) in [4.78, 5) is 2.21. The van der Waals surface area contributed by atoms with Gasteiger partial charge in [-0.1, -0.05) is 12.2 Å². The Morgan fingerprint density at radius 1 is 1.36 bits per heavy atom. The molecule has 2 nitrogen and oxygen atoms in total. The highest BCUT2D eigenvalue weighted by Crippen LogP contribution is 2.33. The van der Waals surface area contributed by atoms with Gasteiger partial charge in [-0.2, -0.15) is 13.2 Å². The number of alkyl halides is 3. The molecule has 1 fully saturated rings. The number of likely N-dealkylation sites (tertiary alicyclic amines) is 1. The number of hydrogen-bond donors (Lipinski definition) is 1. The molecule has 1 aliphatic rings. The van der Waals surface area contributed by atoms with Crippen molar-refractivity contribution in [3.05, 3.63) is 0 Å². The van der Waals surface area contributed by atoms with Crippen molar-refractivity contribution >= 4 is 17.2 Å². The zero-order valence-electron chi connectivity index (χ0n) is 7.68. The summed E-state index contributed by atoms with van der Waals surface area (Å²) in [5.41, 5.74) is 5.31. The van der Waals surface area contributed by atoms with E-state index in [9.17, 15) is 13.2 Å². The molecule has 0 spiro atoms. The Morgan fingerprint density at radius 3 is 2.21 bits per heavy atom. The molecule has 1 saturated heterocycles. The van der Waals surface area contributed by atoms with E-state index in [-0.39, 0.29) is 12.8 Å². The molecule has 14 heavy (non-hydrogen) atoms. The second-order valence-electron chi connectivity index (χ2n) is 3.56. The smallest absolute Gasteiger partial charge is 0.391 e. The molecule has 0 atom stereocenters. The molecular formula is C8H13F3N2S. The van der Waals surface area contributed by atoms with E-state index < -0.39 is 12.1 Å². The molecule has 6 heteroatoms. The molecule has 0 aromatic heterocycles. The van der Waals surface area contributed by atoms with Gasteiger partial charge in [-0.15, -0.1) is 0 Å². The zero-order chi connectivity index (χ0) is 10.8. The third kappa shape index (κ3) is 3.42. The van der Waals surface area contributed by atoms with Crippen LogP contribution in [0.3, 0.4) is 0 Å². The molecule has 1 rings (SSSR count). The molecule has 82 valence electrons. The van der Waals surface area contributed by atoms with Gasteiger partial charge >= 0.3 is 6.18 Å². The lowest BCUT2D eigenvalue weighted by Gasteiger charge is -2.32. The summed E-state index contributed by atoms with van der Waals surface area (Å²) in [6.07, 6.45) is -3.73. The highest BCUT2D eigenvalue weighted by atomic mass is 32.1. The van der Waals surface area contributed by atoms with Gasteiger partial charge in [0.15, 0.2) is 0 Å². The minimum Gasteiger partial charge on any atom is -0.392 e. The molecule has 2 N–H and O–H groups in total. The first-order valence-electron chi connectivity index (χ1n) is 4.47. The largest absolute Gasteiger partial charge is 0.392 e. The van der Waals surface area contributed by atoms with E-state index in [2.05, 4.69) is 0 Å². The van der Waals surface area contributed by atoms with E-state index in [4.69, 9.17) is 18.0 Å². The number of nitrogens with zero attached hydrogens (tertiary/aromatic N) is 1. The average molecular weight is 226 g/mol. The Hall–Kier alpha value is -0.360. The predicted octanol–water partition coefficient (Wildman–Crippen LogP) is 1.55. The highest BCUT2D eigenvalue weighted by Gasteiger charge is 2.40. The number of hydrogen-bond acceptors (Lipinski definition) is 2. The second kappa shape index (κ2) is 4.44. The molecule has 0 amide bonds. The van der Waals surface area contributed by atoms with E-state index >= 15 is 0 Å². The van der Waals surface area contributed by atoms with Gasteiger partial charge in [-0.3, -0.25) is 4.90 Å². The fraction of sp³-hybridized carbons (Fsp3) is 0.875. The Morgan fingerprint density at radius 2 is 1.86 bits per heavy atom. The van der Waals surface area contributed by atoms with Crippen LogP contribution in [0.1, 0.15) is 12.8 Å². The maximum atomic E-state index is 12.3. The monoisotopic (exact) mass is 226 g/mol. The van der Waals surface area contributed by atoms with Crippen molar-refractivity contribution in [1.29, 1.82) is 0 Å². The van der Waals surface area contributed by atoms with Gasteiger partial charge in [0, 0.05) is 6.54 Å². The van der Waals surface area contributed by atoms with Gasteiger partial charge in [0.2, 0.25) is 0 Å². The Kier molecular flexibility index (Phi) is 3.71. The van der Waals surface area contributed by atoms with Crippen molar-refractivity contribution in [3.8, 4) is 0 Å². The molecule has 0 bridgehead atoms. The maximum absolute atomic E-state index is 12.3. The van der Waals surface area contributed by atoms with Crippen LogP contribution in [-0.4, -0.2) is 35.7 Å². The van der Waals surface area contributed by atoms with Crippen LogP contribution in [-0.2, 0) is 0 Å². The molecule has 1 aliphatic heterocycles. The Bertz CT molecular complexity index is 209.